The van der Waals surface area contributed by atoms with Gasteiger partial charge in [0.25, 0.3) is 0 Å². The number of carbonyl (C=O) groups excluding carboxylic acids is 2. The number of amides is 2. The van der Waals surface area contributed by atoms with Crippen molar-refractivity contribution < 1.29 is 31.5 Å². The van der Waals surface area contributed by atoms with Crippen molar-refractivity contribution in [2.45, 2.75) is 82.4 Å². The lowest BCUT2D eigenvalue weighted by atomic mass is 10.00. The van der Waals surface area contributed by atoms with Crippen LogP contribution in [0.15, 0.2) is 91.0 Å². The molecule has 1 unspecified atom stereocenters. The molecule has 0 aromatic heterocycles. The quantitative estimate of drug-likeness (QED) is 0.147. The zero-order chi connectivity index (χ0) is 31.9. The summed E-state index contributed by atoms with van der Waals surface area (Å²) in [5.74, 6) is -0.414. The van der Waals surface area contributed by atoms with Crippen molar-refractivity contribution in [1.82, 2.24) is 10.2 Å². The molecule has 1 aliphatic rings. The second kappa shape index (κ2) is 17.7. The van der Waals surface area contributed by atoms with E-state index in [-0.39, 0.29) is 12.5 Å². The number of nitrogens with zero attached hydrogens (tertiary/aromatic N) is 1. The highest BCUT2D eigenvalue weighted by atomic mass is 32.3. The number of carbonyl (C=O) groups is 2. The van der Waals surface area contributed by atoms with Crippen LogP contribution in [0.4, 0.5) is 4.79 Å². The molecule has 242 valence electrons. The van der Waals surface area contributed by atoms with E-state index in [0.29, 0.717) is 13.0 Å². The summed E-state index contributed by atoms with van der Waals surface area (Å²) in [7, 11) is -4.70. The van der Waals surface area contributed by atoms with Crippen molar-refractivity contribution in [3.63, 3.8) is 0 Å². The summed E-state index contributed by atoms with van der Waals surface area (Å²) in [6.07, 6.45) is 6.98. The van der Waals surface area contributed by atoms with Gasteiger partial charge in [-0.05, 0) is 80.9 Å². The Morgan fingerprint density at radius 1 is 0.822 bits per heavy atom. The Bertz CT molecular complexity index is 1380. The average Bonchev–Trinajstić information content (AvgIpc) is 3.04. The molecule has 1 aliphatic heterocycles. The Morgan fingerprint density at radius 2 is 1.36 bits per heavy atom. The Balaban J connectivity index is 1.39. The molecular weight excluding hydrogens is 592 g/mol. The summed E-state index contributed by atoms with van der Waals surface area (Å²) in [6, 6.07) is 27.7. The highest BCUT2D eigenvalue weighted by molar-refractivity contribution is 7.80. The van der Waals surface area contributed by atoms with Gasteiger partial charge in [0.05, 0.1) is 12.6 Å². The lowest BCUT2D eigenvalue weighted by Gasteiger charge is -2.36. The molecule has 2 atom stereocenters. The lowest BCUT2D eigenvalue weighted by molar-refractivity contribution is -0.156. The van der Waals surface area contributed by atoms with Gasteiger partial charge in [0.2, 0.25) is 0 Å². The van der Waals surface area contributed by atoms with Gasteiger partial charge in [-0.15, -0.1) is 0 Å². The number of likely N-dealkylation sites (tertiary alicyclic amines) is 1. The highest BCUT2D eigenvalue weighted by Gasteiger charge is 2.35. The van der Waals surface area contributed by atoms with E-state index in [1.165, 1.54) is 16.0 Å². The van der Waals surface area contributed by atoms with Gasteiger partial charge in [-0.3, -0.25) is 4.55 Å². The predicted octanol–water partition coefficient (Wildman–Crippen LogP) is 5.94. The summed E-state index contributed by atoms with van der Waals surface area (Å²) in [5.41, 5.74) is 3.33. The highest BCUT2D eigenvalue weighted by Crippen LogP contribution is 2.22. The second-order valence-corrected chi connectivity index (χ2v) is 12.7. The van der Waals surface area contributed by atoms with Gasteiger partial charge >= 0.3 is 22.4 Å². The van der Waals surface area contributed by atoms with Gasteiger partial charge in [-0.1, -0.05) is 91.0 Å². The van der Waals surface area contributed by atoms with Gasteiger partial charge < -0.3 is 15.0 Å². The topological polar surface area (TPSA) is 122 Å². The lowest BCUT2D eigenvalue weighted by Crippen LogP contribution is -2.55. The zero-order valence-electron chi connectivity index (χ0n) is 25.6. The van der Waals surface area contributed by atoms with E-state index in [1.807, 2.05) is 66.7 Å². The molecule has 0 bridgehead atoms. The van der Waals surface area contributed by atoms with Crippen LogP contribution in [-0.4, -0.2) is 61.2 Å². The van der Waals surface area contributed by atoms with Crippen LogP contribution in [0.1, 0.15) is 61.6 Å². The summed E-state index contributed by atoms with van der Waals surface area (Å²) < 4.78 is 42.5. The minimum absolute atomic E-state index is 0.272. The molecule has 0 aliphatic carbocycles. The maximum absolute atomic E-state index is 13.6. The van der Waals surface area contributed by atoms with Gasteiger partial charge in [0.1, 0.15) is 12.1 Å². The third-order valence-electron chi connectivity index (χ3n) is 8.06. The van der Waals surface area contributed by atoms with Crippen LogP contribution in [0, 0.1) is 0 Å². The maximum atomic E-state index is 13.6. The average molecular weight is 637 g/mol. The van der Waals surface area contributed by atoms with Crippen molar-refractivity contribution in [2.24, 2.45) is 0 Å². The molecular formula is C35H44N2O7S. The first kappa shape index (κ1) is 34.1. The predicted molar refractivity (Wildman–Crippen MR) is 173 cm³/mol. The number of piperidine rings is 1. The Kier molecular flexibility index (Phi) is 13.4. The monoisotopic (exact) mass is 636 g/mol. The van der Waals surface area contributed by atoms with Crippen molar-refractivity contribution in [2.75, 3.05) is 13.2 Å². The second-order valence-electron chi connectivity index (χ2n) is 11.6. The van der Waals surface area contributed by atoms with E-state index in [2.05, 4.69) is 33.8 Å². The van der Waals surface area contributed by atoms with Crippen LogP contribution < -0.4 is 5.32 Å². The first-order valence-corrected chi connectivity index (χ1v) is 17.1. The largest absolute Gasteiger partial charge is 0.461 e. The standard InChI is InChI=1S/C35H44N2O7S/c38-34(44-32(22-12-20-28-14-4-1-5-15-28)23-13-21-29-16-6-2-7-17-29)33-24-10-11-25-37(33)35(39)36-31(27-43-45(40,41)42)26-30-18-8-3-9-19-30/h1-9,14-19,31-33H,10-13,20-27H2,(H,36,39)(H,40,41,42)/t31?,33-/m0/s1. The molecule has 1 fully saturated rings. The first-order valence-electron chi connectivity index (χ1n) is 15.8. The minimum Gasteiger partial charge on any atom is -0.461 e. The van der Waals surface area contributed by atoms with Crippen LogP contribution in [0.2, 0.25) is 0 Å². The summed E-state index contributed by atoms with van der Waals surface area (Å²) in [6.45, 7) is -0.0805. The van der Waals surface area contributed by atoms with E-state index >= 15 is 0 Å². The van der Waals surface area contributed by atoms with Gasteiger partial charge in [0.15, 0.2) is 0 Å². The van der Waals surface area contributed by atoms with E-state index in [1.54, 1.807) is 0 Å². The maximum Gasteiger partial charge on any atom is 0.397 e. The van der Waals surface area contributed by atoms with Crippen LogP contribution in [0.5, 0.6) is 0 Å². The number of rotatable bonds is 16. The van der Waals surface area contributed by atoms with Gasteiger partial charge in [-0.25, -0.2) is 13.8 Å². The number of esters is 1. The molecule has 3 aromatic rings. The summed E-state index contributed by atoms with van der Waals surface area (Å²) in [4.78, 5) is 28.7. The minimum atomic E-state index is -4.70. The zero-order valence-corrected chi connectivity index (χ0v) is 26.4. The molecule has 3 aromatic carbocycles. The van der Waals surface area contributed by atoms with Gasteiger partial charge in [0, 0.05) is 6.54 Å². The SMILES string of the molecule is O=C(OC(CCCc1ccccc1)CCCc1ccccc1)[C@@H]1CCCCN1C(=O)NC(COS(=O)(=O)O)Cc1ccccc1. The smallest absolute Gasteiger partial charge is 0.397 e. The normalized spacial score (nSPS) is 15.9. The van der Waals surface area contributed by atoms with E-state index < -0.39 is 41.1 Å². The van der Waals surface area contributed by atoms with Crippen molar-refractivity contribution in [3.8, 4) is 0 Å². The number of benzene rings is 3. The van der Waals surface area contributed by atoms with E-state index in [0.717, 1.165) is 56.9 Å². The molecule has 10 heteroatoms. The van der Waals surface area contributed by atoms with Crippen LogP contribution in [0.25, 0.3) is 0 Å². The molecule has 1 saturated heterocycles. The third-order valence-corrected chi connectivity index (χ3v) is 8.49. The number of urea groups is 1. The molecule has 2 amide bonds. The number of nitrogens with one attached hydrogen (secondary N) is 1. The Labute approximate surface area is 266 Å². The molecule has 45 heavy (non-hydrogen) atoms. The van der Waals surface area contributed by atoms with Crippen LogP contribution in [0.3, 0.4) is 0 Å². The fraction of sp³-hybridized carbons (Fsp3) is 0.429. The Morgan fingerprint density at radius 3 is 1.89 bits per heavy atom. The molecule has 9 nitrogen and oxygen atoms in total. The molecule has 2 N–H and O–H groups in total. The molecule has 1 heterocycles. The Hall–Kier alpha value is -3.73. The fourth-order valence-electron chi connectivity index (χ4n) is 5.76. The molecule has 4 rings (SSSR count). The van der Waals surface area contributed by atoms with Crippen LogP contribution >= 0.6 is 0 Å². The number of hydrogen-bond acceptors (Lipinski definition) is 6. The summed E-state index contributed by atoms with van der Waals surface area (Å²) >= 11 is 0. The van der Waals surface area contributed by atoms with Gasteiger partial charge in [-0.2, -0.15) is 8.42 Å². The number of ether oxygens (including phenoxy) is 1. The van der Waals surface area contributed by atoms with Crippen molar-refractivity contribution >= 4 is 22.4 Å². The van der Waals surface area contributed by atoms with E-state index in [9.17, 15) is 18.0 Å². The van der Waals surface area contributed by atoms with Crippen LogP contribution in [-0.2, 0) is 43.4 Å². The fourth-order valence-corrected chi connectivity index (χ4v) is 6.09. The number of aryl methyl sites for hydroxylation is 2. The first-order chi connectivity index (χ1) is 21.8. The van der Waals surface area contributed by atoms with Crippen molar-refractivity contribution in [1.29, 1.82) is 0 Å². The molecule has 0 spiro atoms. The van der Waals surface area contributed by atoms with Crippen molar-refractivity contribution in [3.05, 3.63) is 108 Å². The summed E-state index contributed by atoms with van der Waals surface area (Å²) in [5, 5.41) is 2.83. The molecule has 0 radical (unpaired) electrons. The third kappa shape index (κ3) is 12.3. The molecule has 0 saturated carbocycles. The number of hydrogen-bond donors (Lipinski definition) is 2. The van der Waals surface area contributed by atoms with E-state index in [4.69, 9.17) is 9.29 Å².